The molecule has 0 unspecified atom stereocenters. The molecular weight excluding hydrogens is 418 g/mol. The van der Waals surface area contributed by atoms with E-state index >= 15 is 0 Å². The smallest absolute Gasteiger partial charge is 0.191 e. The van der Waals surface area contributed by atoms with Crippen LogP contribution in [0.15, 0.2) is 53.8 Å². The van der Waals surface area contributed by atoms with E-state index in [1.165, 1.54) is 0 Å². The van der Waals surface area contributed by atoms with Crippen LogP contribution in [-0.2, 0) is 12.0 Å². The number of guanidine groups is 1. The lowest BCUT2D eigenvalue weighted by atomic mass is 9.95. The quantitative estimate of drug-likeness (QED) is 0.410. The maximum atomic E-state index is 14.0. The Hall–Kier alpha value is -1.57. The van der Waals surface area contributed by atoms with Gasteiger partial charge in [0.05, 0.1) is 0 Å². The normalized spacial score (nSPS) is 15.5. The largest absolute Gasteiger partial charge is 0.356 e. The highest BCUT2D eigenvalue weighted by Crippen LogP contribution is 2.48. The van der Waals surface area contributed by atoms with Crippen LogP contribution in [0.5, 0.6) is 0 Å². The van der Waals surface area contributed by atoms with Crippen molar-refractivity contribution in [1.82, 2.24) is 15.2 Å². The molecule has 0 aliphatic heterocycles. The first kappa shape index (κ1) is 18.8. The zero-order valence-electron chi connectivity index (χ0n) is 13.8. The first-order valence-electron chi connectivity index (χ1n) is 8.04. The summed E-state index contributed by atoms with van der Waals surface area (Å²) in [5.41, 5.74) is 0.735. The van der Waals surface area contributed by atoms with Crippen molar-refractivity contribution in [2.75, 3.05) is 20.1 Å². The molecular formula is C18H24FIN4. The monoisotopic (exact) mass is 442 g/mol. The van der Waals surface area contributed by atoms with E-state index in [-0.39, 0.29) is 35.2 Å². The molecule has 0 saturated heterocycles. The van der Waals surface area contributed by atoms with Crippen molar-refractivity contribution in [3.63, 3.8) is 0 Å². The molecule has 6 heteroatoms. The van der Waals surface area contributed by atoms with Crippen molar-refractivity contribution < 1.29 is 4.39 Å². The topological polar surface area (TPSA) is 41.4 Å². The van der Waals surface area contributed by atoms with Crippen molar-refractivity contribution >= 4 is 29.9 Å². The van der Waals surface area contributed by atoms with E-state index in [1.807, 2.05) is 36.7 Å². The SMILES string of the molecule is CN=C(NCCn1cccc1)NCC1(c2ccccc2F)CC1.I. The molecule has 4 nitrogen and oxygen atoms in total. The minimum absolute atomic E-state index is 0. The second-order valence-electron chi connectivity index (χ2n) is 6.03. The second kappa shape index (κ2) is 8.50. The molecule has 0 amide bonds. The van der Waals surface area contributed by atoms with Gasteiger partial charge in [-0.25, -0.2) is 4.39 Å². The fraction of sp³-hybridized carbons (Fsp3) is 0.389. The standard InChI is InChI=1S/C18H23FN4.HI/c1-20-17(21-10-13-23-11-4-5-12-23)22-14-18(8-9-18)15-6-2-3-7-16(15)19;/h2-7,11-12H,8-10,13-14H2,1H3,(H2,20,21,22);1H. The number of aliphatic imine (C=N–C) groups is 1. The fourth-order valence-electron chi connectivity index (χ4n) is 2.88. The predicted octanol–water partition coefficient (Wildman–Crippen LogP) is 3.14. The molecule has 0 bridgehead atoms. The van der Waals surface area contributed by atoms with Gasteiger partial charge in [0.25, 0.3) is 0 Å². The molecule has 0 radical (unpaired) electrons. The number of hydrogen-bond donors (Lipinski definition) is 2. The molecule has 1 aromatic heterocycles. The average Bonchev–Trinajstić information content (AvgIpc) is 3.17. The number of nitrogens with one attached hydrogen (secondary N) is 2. The van der Waals surface area contributed by atoms with Gasteiger partial charge in [0.1, 0.15) is 5.82 Å². The van der Waals surface area contributed by atoms with Gasteiger partial charge in [-0.3, -0.25) is 4.99 Å². The van der Waals surface area contributed by atoms with Crippen LogP contribution in [0.4, 0.5) is 4.39 Å². The van der Waals surface area contributed by atoms with Gasteiger partial charge in [-0.2, -0.15) is 0 Å². The van der Waals surface area contributed by atoms with Crippen molar-refractivity contribution in [3.8, 4) is 0 Å². The zero-order valence-corrected chi connectivity index (χ0v) is 16.2. The first-order chi connectivity index (χ1) is 11.2. The van der Waals surface area contributed by atoms with Crippen LogP contribution < -0.4 is 10.6 Å². The lowest BCUT2D eigenvalue weighted by Crippen LogP contribution is -2.42. The fourth-order valence-corrected chi connectivity index (χ4v) is 2.88. The first-order valence-corrected chi connectivity index (χ1v) is 8.04. The van der Waals surface area contributed by atoms with Gasteiger partial charge in [0, 0.05) is 44.5 Å². The van der Waals surface area contributed by atoms with Crippen LogP contribution in [0.1, 0.15) is 18.4 Å². The van der Waals surface area contributed by atoms with Gasteiger partial charge in [-0.05, 0) is 36.6 Å². The van der Waals surface area contributed by atoms with Crippen LogP contribution in [0.3, 0.4) is 0 Å². The Morgan fingerprint density at radius 2 is 1.88 bits per heavy atom. The summed E-state index contributed by atoms with van der Waals surface area (Å²) in [4.78, 5) is 4.25. The summed E-state index contributed by atoms with van der Waals surface area (Å²) in [5, 5.41) is 6.64. The number of benzene rings is 1. The Labute approximate surface area is 159 Å². The molecule has 1 heterocycles. The summed E-state index contributed by atoms with van der Waals surface area (Å²) in [6.07, 6.45) is 6.10. The molecule has 24 heavy (non-hydrogen) atoms. The molecule has 1 saturated carbocycles. The number of rotatable bonds is 6. The van der Waals surface area contributed by atoms with Crippen LogP contribution in [0.25, 0.3) is 0 Å². The third kappa shape index (κ3) is 4.49. The number of aromatic nitrogens is 1. The van der Waals surface area contributed by atoms with E-state index in [1.54, 1.807) is 19.2 Å². The van der Waals surface area contributed by atoms with Crippen molar-refractivity contribution in [3.05, 3.63) is 60.2 Å². The molecule has 2 aromatic rings. The minimum atomic E-state index is -0.109. The van der Waals surface area contributed by atoms with Crippen LogP contribution in [0, 0.1) is 5.82 Å². The highest BCUT2D eigenvalue weighted by atomic mass is 127. The Kier molecular flexibility index (Phi) is 6.65. The van der Waals surface area contributed by atoms with Crippen LogP contribution in [-0.4, -0.2) is 30.7 Å². The van der Waals surface area contributed by atoms with Gasteiger partial charge in [0.15, 0.2) is 5.96 Å². The molecule has 0 atom stereocenters. The van der Waals surface area contributed by atoms with Gasteiger partial charge >= 0.3 is 0 Å². The molecule has 3 rings (SSSR count). The van der Waals surface area contributed by atoms with Crippen molar-refractivity contribution in [2.45, 2.75) is 24.8 Å². The Bertz CT molecular complexity index is 665. The van der Waals surface area contributed by atoms with Gasteiger partial charge in [0.2, 0.25) is 0 Å². The van der Waals surface area contributed by atoms with Crippen molar-refractivity contribution in [2.24, 2.45) is 4.99 Å². The van der Waals surface area contributed by atoms with E-state index in [0.717, 1.165) is 37.5 Å². The minimum Gasteiger partial charge on any atom is -0.356 e. The Morgan fingerprint density at radius 1 is 1.17 bits per heavy atom. The summed E-state index contributed by atoms with van der Waals surface area (Å²) in [5.74, 6) is 0.655. The molecule has 130 valence electrons. The van der Waals surface area contributed by atoms with Crippen molar-refractivity contribution in [1.29, 1.82) is 0 Å². The summed E-state index contributed by atoms with van der Waals surface area (Å²) < 4.78 is 16.1. The molecule has 1 aliphatic carbocycles. The van der Waals surface area contributed by atoms with Crippen LogP contribution in [0.2, 0.25) is 0 Å². The molecule has 1 aromatic carbocycles. The van der Waals surface area contributed by atoms with E-state index in [2.05, 4.69) is 20.2 Å². The summed E-state index contributed by atoms with van der Waals surface area (Å²) >= 11 is 0. The molecule has 1 aliphatic rings. The van der Waals surface area contributed by atoms with E-state index in [0.29, 0.717) is 6.54 Å². The third-order valence-corrected chi connectivity index (χ3v) is 4.45. The lowest BCUT2D eigenvalue weighted by molar-refractivity contribution is 0.558. The summed E-state index contributed by atoms with van der Waals surface area (Å²) in [6.45, 7) is 2.38. The molecule has 1 fully saturated rings. The Morgan fingerprint density at radius 3 is 2.50 bits per heavy atom. The summed E-state index contributed by atoms with van der Waals surface area (Å²) in [7, 11) is 1.76. The number of halogens is 2. The van der Waals surface area contributed by atoms with Gasteiger partial charge < -0.3 is 15.2 Å². The van der Waals surface area contributed by atoms with Gasteiger partial charge in [-0.15, -0.1) is 24.0 Å². The molecule has 0 spiro atoms. The molecule has 2 N–H and O–H groups in total. The number of hydrogen-bond acceptors (Lipinski definition) is 1. The third-order valence-electron chi connectivity index (χ3n) is 4.45. The maximum Gasteiger partial charge on any atom is 0.191 e. The predicted molar refractivity (Wildman–Crippen MR) is 107 cm³/mol. The maximum absolute atomic E-state index is 14.0. The summed E-state index contributed by atoms with van der Waals surface area (Å²) in [6, 6.07) is 11.1. The van der Waals surface area contributed by atoms with E-state index < -0.39 is 0 Å². The van der Waals surface area contributed by atoms with Crippen LogP contribution >= 0.6 is 24.0 Å². The highest BCUT2D eigenvalue weighted by Gasteiger charge is 2.45. The zero-order chi connectivity index (χ0) is 16.1. The lowest BCUT2D eigenvalue weighted by Gasteiger charge is -2.19. The average molecular weight is 442 g/mol. The highest BCUT2D eigenvalue weighted by molar-refractivity contribution is 14.0. The Balaban J connectivity index is 0.00000208. The number of nitrogens with zero attached hydrogens (tertiary/aromatic N) is 2. The van der Waals surface area contributed by atoms with Gasteiger partial charge in [-0.1, -0.05) is 18.2 Å². The second-order valence-corrected chi connectivity index (χ2v) is 6.03. The van der Waals surface area contributed by atoms with E-state index in [9.17, 15) is 4.39 Å². The van der Waals surface area contributed by atoms with E-state index in [4.69, 9.17) is 0 Å².